The van der Waals surface area contributed by atoms with Crippen LogP contribution in [0.3, 0.4) is 0 Å². The minimum Gasteiger partial charge on any atom is -0.496 e. The molecular formula is C18H22FNO. The summed E-state index contributed by atoms with van der Waals surface area (Å²) in [6, 6.07) is 13.5. The zero-order valence-electron chi connectivity index (χ0n) is 12.8. The van der Waals surface area contributed by atoms with Crippen LogP contribution in [0.5, 0.6) is 5.75 Å². The van der Waals surface area contributed by atoms with Crippen molar-refractivity contribution < 1.29 is 9.13 Å². The van der Waals surface area contributed by atoms with Crippen molar-refractivity contribution in [2.24, 2.45) is 0 Å². The number of benzene rings is 2. The van der Waals surface area contributed by atoms with Crippen LogP contribution in [0.1, 0.15) is 29.7 Å². The molecule has 21 heavy (non-hydrogen) atoms. The van der Waals surface area contributed by atoms with Crippen molar-refractivity contribution in [1.82, 2.24) is 5.32 Å². The maximum atomic E-state index is 13.8. The molecule has 112 valence electrons. The molecule has 3 heteroatoms. The Bertz CT molecular complexity index is 598. The number of para-hydroxylation sites is 1. The highest BCUT2D eigenvalue weighted by molar-refractivity contribution is 5.35. The largest absolute Gasteiger partial charge is 0.496 e. The molecular weight excluding hydrogens is 265 g/mol. The lowest BCUT2D eigenvalue weighted by Crippen LogP contribution is -2.23. The Hall–Kier alpha value is -1.87. The highest BCUT2D eigenvalue weighted by atomic mass is 19.1. The molecule has 2 nitrogen and oxygen atoms in total. The summed E-state index contributed by atoms with van der Waals surface area (Å²) in [5.41, 5.74) is 2.75. The van der Waals surface area contributed by atoms with Crippen LogP contribution in [-0.4, -0.2) is 13.7 Å². The summed E-state index contributed by atoms with van der Waals surface area (Å²) in [6.45, 7) is 4.66. The Morgan fingerprint density at radius 2 is 1.95 bits per heavy atom. The zero-order chi connectivity index (χ0) is 15.2. The summed E-state index contributed by atoms with van der Waals surface area (Å²) in [5.74, 6) is 0.711. The van der Waals surface area contributed by atoms with E-state index in [9.17, 15) is 4.39 Å². The molecule has 2 rings (SSSR count). The number of hydrogen-bond donors (Lipinski definition) is 1. The Morgan fingerprint density at radius 1 is 1.19 bits per heavy atom. The van der Waals surface area contributed by atoms with E-state index < -0.39 is 0 Å². The molecule has 1 N–H and O–H groups in total. The Labute approximate surface area is 126 Å². The number of aryl methyl sites for hydroxylation is 1. The van der Waals surface area contributed by atoms with Gasteiger partial charge in [0, 0.05) is 6.04 Å². The van der Waals surface area contributed by atoms with Crippen LogP contribution in [0.4, 0.5) is 4.39 Å². The molecule has 0 saturated heterocycles. The topological polar surface area (TPSA) is 21.3 Å². The molecule has 0 aliphatic rings. The van der Waals surface area contributed by atoms with Crippen molar-refractivity contribution in [2.45, 2.75) is 26.3 Å². The standard InChI is InChI=1S/C18H22FNO/c1-4-20-17(14-10-9-13(2)16(19)11-14)12-15-7-5-6-8-18(15)21-3/h5-11,17,20H,4,12H2,1-3H3. The number of halogens is 1. The van der Waals surface area contributed by atoms with Gasteiger partial charge >= 0.3 is 0 Å². The van der Waals surface area contributed by atoms with Crippen LogP contribution in [0, 0.1) is 12.7 Å². The monoisotopic (exact) mass is 287 g/mol. The van der Waals surface area contributed by atoms with Crippen LogP contribution in [0.25, 0.3) is 0 Å². The minimum atomic E-state index is -0.157. The second-order valence-corrected chi connectivity index (χ2v) is 5.13. The lowest BCUT2D eigenvalue weighted by Gasteiger charge is -2.20. The van der Waals surface area contributed by atoms with Gasteiger partial charge in [-0.2, -0.15) is 0 Å². The Balaban J connectivity index is 2.28. The third-order valence-corrected chi connectivity index (χ3v) is 3.67. The molecule has 0 aromatic heterocycles. The predicted molar refractivity (Wildman–Crippen MR) is 84.3 cm³/mol. The second-order valence-electron chi connectivity index (χ2n) is 5.13. The van der Waals surface area contributed by atoms with Crippen molar-refractivity contribution in [3.63, 3.8) is 0 Å². The summed E-state index contributed by atoms with van der Waals surface area (Å²) < 4.78 is 19.2. The number of rotatable bonds is 6. The molecule has 0 bridgehead atoms. The SMILES string of the molecule is CCNC(Cc1ccccc1OC)c1ccc(C)c(F)c1. The average Bonchev–Trinajstić information content (AvgIpc) is 2.50. The number of hydrogen-bond acceptors (Lipinski definition) is 2. The molecule has 0 aliphatic carbocycles. The number of methoxy groups -OCH3 is 1. The van der Waals surface area contributed by atoms with Gasteiger partial charge in [-0.1, -0.05) is 37.3 Å². The molecule has 0 spiro atoms. The van der Waals surface area contributed by atoms with Crippen molar-refractivity contribution in [3.05, 3.63) is 65.0 Å². The first-order chi connectivity index (χ1) is 10.2. The summed E-state index contributed by atoms with van der Waals surface area (Å²) in [7, 11) is 1.67. The summed E-state index contributed by atoms with van der Waals surface area (Å²) >= 11 is 0. The smallest absolute Gasteiger partial charge is 0.126 e. The van der Waals surface area contributed by atoms with Gasteiger partial charge in [-0.05, 0) is 48.7 Å². The molecule has 1 unspecified atom stereocenters. The van der Waals surface area contributed by atoms with Crippen molar-refractivity contribution in [3.8, 4) is 5.75 Å². The second kappa shape index (κ2) is 7.23. The van der Waals surface area contributed by atoms with Crippen LogP contribution in [0.2, 0.25) is 0 Å². The van der Waals surface area contributed by atoms with E-state index in [1.807, 2.05) is 36.4 Å². The first-order valence-electron chi connectivity index (χ1n) is 7.27. The third-order valence-electron chi connectivity index (χ3n) is 3.67. The van der Waals surface area contributed by atoms with Gasteiger partial charge in [0.15, 0.2) is 0 Å². The molecule has 2 aromatic carbocycles. The quantitative estimate of drug-likeness (QED) is 0.866. The predicted octanol–water partition coefficient (Wildman–Crippen LogP) is 4.04. The summed E-state index contributed by atoms with van der Waals surface area (Å²) in [6.07, 6.45) is 0.764. The molecule has 0 heterocycles. The zero-order valence-corrected chi connectivity index (χ0v) is 12.8. The van der Waals surface area contributed by atoms with E-state index in [-0.39, 0.29) is 11.9 Å². The van der Waals surface area contributed by atoms with E-state index in [0.29, 0.717) is 5.56 Å². The van der Waals surface area contributed by atoms with E-state index in [4.69, 9.17) is 4.74 Å². The van der Waals surface area contributed by atoms with E-state index >= 15 is 0 Å². The molecule has 1 atom stereocenters. The number of ether oxygens (including phenoxy) is 1. The number of nitrogens with one attached hydrogen (secondary N) is 1. The lowest BCUT2D eigenvalue weighted by atomic mass is 9.97. The van der Waals surface area contributed by atoms with Crippen LogP contribution in [0.15, 0.2) is 42.5 Å². The molecule has 0 aliphatic heterocycles. The van der Waals surface area contributed by atoms with Crippen LogP contribution >= 0.6 is 0 Å². The normalized spacial score (nSPS) is 12.2. The lowest BCUT2D eigenvalue weighted by molar-refractivity contribution is 0.405. The highest BCUT2D eigenvalue weighted by Crippen LogP contribution is 2.25. The maximum absolute atomic E-state index is 13.8. The van der Waals surface area contributed by atoms with Gasteiger partial charge in [-0.25, -0.2) is 4.39 Å². The first kappa shape index (κ1) is 15.5. The van der Waals surface area contributed by atoms with Gasteiger partial charge in [0.25, 0.3) is 0 Å². The van der Waals surface area contributed by atoms with E-state index in [1.54, 1.807) is 20.1 Å². The van der Waals surface area contributed by atoms with E-state index in [2.05, 4.69) is 12.2 Å². The van der Waals surface area contributed by atoms with Gasteiger partial charge < -0.3 is 10.1 Å². The first-order valence-corrected chi connectivity index (χ1v) is 7.27. The molecule has 2 aromatic rings. The molecule has 0 saturated carbocycles. The number of likely N-dealkylation sites (N-methyl/N-ethyl adjacent to an activating group) is 1. The highest BCUT2D eigenvalue weighted by Gasteiger charge is 2.15. The van der Waals surface area contributed by atoms with Gasteiger partial charge in [-0.3, -0.25) is 0 Å². The molecule has 0 radical (unpaired) electrons. The third kappa shape index (κ3) is 3.82. The Morgan fingerprint density at radius 3 is 2.62 bits per heavy atom. The van der Waals surface area contributed by atoms with Crippen molar-refractivity contribution in [1.29, 1.82) is 0 Å². The van der Waals surface area contributed by atoms with Crippen LogP contribution in [-0.2, 0) is 6.42 Å². The van der Waals surface area contributed by atoms with Crippen LogP contribution < -0.4 is 10.1 Å². The van der Waals surface area contributed by atoms with Crippen molar-refractivity contribution in [2.75, 3.05) is 13.7 Å². The fourth-order valence-electron chi connectivity index (χ4n) is 2.47. The minimum absolute atomic E-state index is 0.0707. The summed E-state index contributed by atoms with van der Waals surface area (Å²) in [4.78, 5) is 0. The van der Waals surface area contributed by atoms with E-state index in [1.165, 1.54) is 0 Å². The summed E-state index contributed by atoms with van der Waals surface area (Å²) in [5, 5.41) is 3.42. The average molecular weight is 287 g/mol. The molecule has 0 amide bonds. The Kier molecular flexibility index (Phi) is 5.34. The van der Waals surface area contributed by atoms with E-state index in [0.717, 1.165) is 29.8 Å². The van der Waals surface area contributed by atoms with Gasteiger partial charge in [-0.15, -0.1) is 0 Å². The van der Waals surface area contributed by atoms with Crippen molar-refractivity contribution >= 4 is 0 Å². The van der Waals surface area contributed by atoms with Gasteiger partial charge in [0.05, 0.1) is 7.11 Å². The fraction of sp³-hybridized carbons (Fsp3) is 0.333. The maximum Gasteiger partial charge on any atom is 0.126 e. The van der Waals surface area contributed by atoms with Gasteiger partial charge in [0.2, 0.25) is 0 Å². The fourth-order valence-corrected chi connectivity index (χ4v) is 2.47. The molecule has 0 fully saturated rings. The van der Waals surface area contributed by atoms with Gasteiger partial charge in [0.1, 0.15) is 11.6 Å².